The van der Waals surface area contributed by atoms with Crippen LogP contribution in [0.3, 0.4) is 0 Å². The second-order valence-electron chi connectivity index (χ2n) is 7.24. The van der Waals surface area contributed by atoms with Gasteiger partial charge in [0, 0.05) is 15.7 Å². The fraction of sp³-hybridized carbons (Fsp3) is 0.167. The van der Waals surface area contributed by atoms with Crippen LogP contribution in [0.2, 0.25) is 10.0 Å². The summed E-state index contributed by atoms with van der Waals surface area (Å²) in [5, 5.41) is 4.89. The SMILES string of the molecule is S=C(Nc1ccccc1)C1=[N+](Cc2ccc(Cl)cc2)CCN1Cc1ccc(Cl)cc1. The average molecular weight is 455 g/mol. The van der Waals surface area contributed by atoms with Gasteiger partial charge in [-0.1, -0.05) is 77.9 Å². The molecule has 4 rings (SSSR count). The van der Waals surface area contributed by atoms with E-state index in [0.29, 0.717) is 0 Å². The molecule has 0 saturated carbocycles. The number of halogens is 2. The maximum Gasteiger partial charge on any atom is 0.308 e. The molecule has 152 valence electrons. The molecule has 0 radical (unpaired) electrons. The van der Waals surface area contributed by atoms with E-state index < -0.39 is 0 Å². The molecule has 0 bridgehead atoms. The van der Waals surface area contributed by atoms with Crippen LogP contribution in [0.5, 0.6) is 0 Å². The minimum absolute atomic E-state index is 0.724. The molecule has 0 aliphatic carbocycles. The molecule has 0 fully saturated rings. The van der Waals surface area contributed by atoms with E-state index in [0.717, 1.165) is 52.7 Å². The van der Waals surface area contributed by atoms with Crippen molar-refractivity contribution < 1.29 is 4.58 Å². The Morgan fingerprint density at radius 3 is 2.10 bits per heavy atom. The number of benzene rings is 3. The van der Waals surface area contributed by atoms with Crippen LogP contribution in [0.4, 0.5) is 5.69 Å². The zero-order chi connectivity index (χ0) is 20.9. The topological polar surface area (TPSA) is 18.3 Å². The molecule has 3 nitrogen and oxygen atoms in total. The minimum Gasteiger partial charge on any atom is -0.340 e. The van der Waals surface area contributed by atoms with Gasteiger partial charge in [-0.2, -0.15) is 0 Å². The molecule has 3 aromatic rings. The van der Waals surface area contributed by atoms with Crippen LogP contribution in [0.15, 0.2) is 78.9 Å². The van der Waals surface area contributed by atoms with E-state index in [4.69, 9.17) is 35.4 Å². The predicted octanol–water partition coefficient (Wildman–Crippen LogP) is 5.86. The molecule has 0 atom stereocenters. The lowest BCUT2D eigenvalue weighted by Gasteiger charge is -2.16. The van der Waals surface area contributed by atoms with Gasteiger partial charge >= 0.3 is 5.84 Å². The third-order valence-corrected chi connectivity index (χ3v) is 5.84. The highest BCUT2D eigenvalue weighted by molar-refractivity contribution is 7.82. The number of thiocarbonyl (C=S) groups is 1. The minimum atomic E-state index is 0.724. The second-order valence-corrected chi connectivity index (χ2v) is 8.52. The average Bonchev–Trinajstić information content (AvgIpc) is 3.14. The molecule has 30 heavy (non-hydrogen) atoms. The fourth-order valence-corrected chi connectivity index (χ4v) is 4.21. The smallest absolute Gasteiger partial charge is 0.308 e. The van der Waals surface area contributed by atoms with E-state index >= 15 is 0 Å². The van der Waals surface area contributed by atoms with Gasteiger partial charge in [0.15, 0.2) is 4.99 Å². The summed E-state index contributed by atoms with van der Waals surface area (Å²) in [6.45, 7) is 3.37. The van der Waals surface area contributed by atoms with Crippen molar-refractivity contribution in [1.82, 2.24) is 4.90 Å². The van der Waals surface area contributed by atoms with Gasteiger partial charge in [-0.05, 0) is 47.5 Å². The van der Waals surface area contributed by atoms with Gasteiger partial charge in [0.1, 0.15) is 26.2 Å². The molecule has 1 aliphatic rings. The van der Waals surface area contributed by atoms with Crippen molar-refractivity contribution in [3.05, 3.63) is 100 Å². The van der Waals surface area contributed by atoms with E-state index in [1.807, 2.05) is 54.6 Å². The van der Waals surface area contributed by atoms with Crippen molar-refractivity contribution >= 4 is 51.9 Å². The molecular weight excluding hydrogens is 433 g/mol. The number of nitrogens with zero attached hydrogens (tertiary/aromatic N) is 2. The van der Waals surface area contributed by atoms with Gasteiger partial charge < -0.3 is 5.32 Å². The van der Waals surface area contributed by atoms with Crippen LogP contribution in [0.1, 0.15) is 11.1 Å². The lowest BCUT2D eigenvalue weighted by molar-refractivity contribution is -0.532. The normalized spacial score (nSPS) is 13.6. The maximum atomic E-state index is 6.06. The van der Waals surface area contributed by atoms with Crippen molar-refractivity contribution in [1.29, 1.82) is 0 Å². The summed E-state index contributed by atoms with van der Waals surface area (Å²) in [4.78, 5) is 3.05. The van der Waals surface area contributed by atoms with Crippen molar-refractivity contribution in [2.75, 3.05) is 18.4 Å². The van der Waals surface area contributed by atoms with Crippen molar-refractivity contribution in [2.24, 2.45) is 0 Å². The first-order valence-corrected chi connectivity index (χ1v) is 11.0. The van der Waals surface area contributed by atoms with Gasteiger partial charge in [0.25, 0.3) is 0 Å². The lowest BCUT2D eigenvalue weighted by atomic mass is 10.2. The molecule has 6 heteroatoms. The summed E-state index contributed by atoms with van der Waals surface area (Å²) >= 11 is 18.0. The molecule has 0 amide bonds. The van der Waals surface area contributed by atoms with E-state index in [1.165, 1.54) is 11.1 Å². The van der Waals surface area contributed by atoms with E-state index in [9.17, 15) is 0 Å². The third-order valence-electron chi connectivity index (χ3n) is 5.05. The van der Waals surface area contributed by atoms with Crippen LogP contribution >= 0.6 is 35.4 Å². The Labute approximate surface area is 192 Å². The largest absolute Gasteiger partial charge is 0.340 e. The standard InChI is InChI=1S/C24H21Cl2N3S/c25-20-10-6-18(7-11-20)16-28-14-15-29(17-19-8-12-21(26)13-9-19)24(28)23(30)27-22-4-2-1-3-5-22/h1-13H,14-17H2/p+1. The summed E-state index contributed by atoms with van der Waals surface area (Å²) in [6.07, 6.45) is 0. The Hall–Kier alpha value is -2.40. The summed E-state index contributed by atoms with van der Waals surface area (Å²) < 4.78 is 2.33. The second kappa shape index (κ2) is 9.61. The number of hydrogen-bond acceptors (Lipinski definition) is 2. The number of amidine groups is 1. The van der Waals surface area contributed by atoms with Crippen LogP contribution in [-0.2, 0) is 13.1 Å². The Kier molecular flexibility index (Phi) is 6.68. The number of nitrogens with one attached hydrogen (secondary N) is 1. The number of para-hydroxylation sites is 1. The first-order valence-electron chi connectivity index (χ1n) is 9.80. The van der Waals surface area contributed by atoms with Crippen LogP contribution in [0, 0.1) is 0 Å². The maximum absolute atomic E-state index is 6.06. The molecular formula is C24H22Cl2N3S+. The van der Waals surface area contributed by atoms with Crippen LogP contribution < -0.4 is 5.32 Å². The van der Waals surface area contributed by atoms with Gasteiger partial charge in [-0.3, -0.25) is 9.48 Å². The molecule has 3 aromatic carbocycles. The third kappa shape index (κ3) is 5.20. The molecule has 1 aliphatic heterocycles. The van der Waals surface area contributed by atoms with E-state index in [2.05, 4.69) is 39.1 Å². The van der Waals surface area contributed by atoms with Crippen LogP contribution in [-0.4, -0.2) is 33.4 Å². The Bertz CT molecular complexity index is 1050. The zero-order valence-electron chi connectivity index (χ0n) is 16.4. The quantitative estimate of drug-likeness (QED) is 0.371. The van der Waals surface area contributed by atoms with Gasteiger partial charge in [0.2, 0.25) is 0 Å². The summed E-state index contributed by atoms with van der Waals surface area (Å²) in [5.41, 5.74) is 3.39. The highest BCUT2D eigenvalue weighted by atomic mass is 35.5. The van der Waals surface area contributed by atoms with Crippen molar-refractivity contribution in [3.8, 4) is 0 Å². The number of rotatable bonds is 6. The summed E-state index contributed by atoms with van der Waals surface area (Å²) in [7, 11) is 0. The Morgan fingerprint density at radius 1 is 0.867 bits per heavy atom. The molecule has 1 N–H and O–H groups in total. The number of anilines is 1. The lowest BCUT2D eigenvalue weighted by Crippen LogP contribution is -2.38. The summed E-state index contributed by atoms with van der Waals surface area (Å²) in [6, 6.07) is 26.0. The Balaban J connectivity index is 1.61. The first kappa shape index (κ1) is 20.9. The fourth-order valence-electron chi connectivity index (χ4n) is 3.58. The Morgan fingerprint density at radius 2 is 1.47 bits per heavy atom. The summed E-state index contributed by atoms with van der Waals surface area (Å²) in [5.74, 6) is 1.04. The van der Waals surface area contributed by atoms with Gasteiger partial charge in [0.05, 0.1) is 0 Å². The molecule has 0 unspecified atom stereocenters. The predicted molar refractivity (Wildman–Crippen MR) is 130 cm³/mol. The highest BCUT2D eigenvalue weighted by Crippen LogP contribution is 2.17. The van der Waals surface area contributed by atoms with Gasteiger partial charge in [-0.15, -0.1) is 0 Å². The molecule has 1 heterocycles. The highest BCUT2D eigenvalue weighted by Gasteiger charge is 2.34. The van der Waals surface area contributed by atoms with E-state index in [-0.39, 0.29) is 0 Å². The molecule has 0 saturated heterocycles. The van der Waals surface area contributed by atoms with Crippen molar-refractivity contribution in [3.63, 3.8) is 0 Å². The first-order chi connectivity index (χ1) is 14.6. The monoisotopic (exact) mass is 454 g/mol. The van der Waals surface area contributed by atoms with Crippen molar-refractivity contribution in [2.45, 2.75) is 13.1 Å². The zero-order valence-corrected chi connectivity index (χ0v) is 18.7. The van der Waals surface area contributed by atoms with E-state index in [1.54, 1.807) is 0 Å². The molecule has 0 aromatic heterocycles. The molecule has 0 spiro atoms. The van der Waals surface area contributed by atoms with Crippen LogP contribution in [0.25, 0.3) is 0 Å². The van der Waals surface area contributed by atoms with Gasteiger partial charge in [-0.25, -0.2) is 0 Å². The number of hydrogen-bond donors (Lipinski definition) is 1.